The van der Waals surface area contributed by atoms with Crippen LogP contribution in [0.5, 0.6) is 0 Å². The fourth-order valence-corrected chi connectivity index (χ4v) is 1.79. The lowest BCUT2D eigenvalue weighted by molar-refractivity contribution is 0.0939. The van der Waals surface area contributed by atoms with Gasteiger partial charge >= 0.3 is 0 Å². The normalized spacial score (nSPS) is 9.85. The molecule has 0 aliphatic heterocycles. The molecule has 102 valence electrons. The van der Waals surface area contributed by atoms with Crippen LogP contribution in [0.3, 0.4) is 0 Å². The number of nitrogens with one attached hydrogen (secondary N) is 2. The van der Waals surface area contributed by atoms with Gasteiger partial charge in [-0.05, 0) is 29.5 Å². The summed E-state index contributed by atoms with van der Waals surface area (Å²) in [5, 5.41) is 0. The standard InChI is InChI=1S/C14H13N3OS2/c1-20-14(19)17-16-13(18)12-9-11(7-8-15-12)10-5-3-2-4-6-10/h2-9H,1H3,(H,16,18)(H,17,19). The second-order valence-electron chi connectivity index (χ2n) is 3.87. The predicted octanol–water partition coefficient (Wildman–Crippen LogP) is 2.63. The Morgan fingerprint density at radius 3 is 2.60 bits per heavy atom. The van der Waals surface area contributed by atoms with Crippen LogP contribution in [0.25, 0.3) is 11.1 Å². The number of benzene rings is 1. The summed E-state index contributed by atoms with van der Waals surface area (Å²) in [6.45, 7) is 0. The molecule has 20 heavy (non-hydrogen) atoms. The highest BCUT2D eigenvalue weighted by atomic mass is 32.2. The first-order chi connectivity index (χ1) is 9.70. The van der Waals surface area contributed by atoms with Crippen LogP contribution in [0.1, 0.15) is 10.5 Å². The maximum Gasteiger partial charge on any atom is 0.288 e. The van der Waals surface area contributed by atoms with E-state index in [1.165, 1.54) is 11.8 Å². The molecule has 1 amide bonds. The summed E-state index contributed by atoms with van der Waals surface area (Å²) < 4.78 is 0.498. The van der Waals surface area contributed by atoms with Crippen LogP contribution in [0, 0.1) is 0 Å². The van der Waals surface area contributed by atoms with Gasteiger partial charge in [0.15, 0.2) is 4.32 Å². The molecule has 0 spiro atoms. The van der Waals surface area contributed by atoms with Crippen LogP contribution >= 0.6 is 24.0 Å². The smallest absolute Gasteiger partial charge is 0.283 e. The number of hydrogen-bond acceptors (Lipinski definition) is 4. The fourth-order valence-electron chi connectivity index (χ4n) is 1.59. The molecule has 2 rings (SSSR count). The Kier molecular flexibility index (Phi) is 5.09. The van der Waals surface area contributed by atoms with Gasteiger partial charge in [0.2, 0.25) is 0 Å². The van der Waals surface area contributed by atoms with Crippen LogP contribution < -0.4 is 10.9 Å². The van der Waals surface area contributed by atoms with Crippen molar-refractivity contribution in [1.29, 1.82) is 0 Å². The first-order valence-corrected chi connectivity index (χ1v) is 7.50. The summed E-state index contributed by atoms with van der Waals surface area (Å²) in [5.41, 5.74) is 7.48. The summed E-state index contributed by atoms with van der Waals surface area (Å²) >= 11 is 6.29. The van der Waals surface area contributed by atoms with Crippen molar-refractivity contribution < 1.29 is 4.79 Å². The van der Waals surface area contributed by atoms with Crippen molar-refractivity contribution in [2.75, 3.05) is 6.26 Å². The second-order valence-corrected chi connectivity index (χ2v) is 5.35. The van der Waals surface area contributed by atoms with Gasteiger partial charge in [-0.15, -0.1) is 0 Å². The van der Waals surface area contributed by atoms with Gasteiger partial charge in [0, 0.05) is 6.20 Å². The molecule has 0 saturated heterocycles. The highest BCUT2D eigenvalue weighted by molar-refractivity contribution is 8.22. The number of aromatic nitrogens is 1. The molecule has 6 heteroatoms. The molecule has 1 aromatic carbocycles. The van der Waals surface area contributed by atoms with Crippen molar-refractivity contribution in [3.63, 3.8) is 0 Å². The number of hydrogen-bond donors (Lipinski definition) is 2. The lowest BCUT2D eigenvalue weighted by Gasteiger charge is -2.08. The molecule has 0 atom stereocenters. The Bertz CT molecular complexity index is 617. The molecule has 0 aliphatic rings. The van der Waals surface area contributed by atoms with Crippen molar-refractivity contribution >= 4 is 34.2 Å². The van der Waals surface area contributed by atoms with Gasteiger partial charge in [0.05, 0.1) is 0 Å². The minimum absolute atomic E-state index is 0.320. The van der Waals surface area contributed by atoms with E-state index in [4.69, 9.17) is 12.2 Å². The number of thioether (sulfide) groups is 1. The first kappa shape index (κ1) is 14.5. The van der Waals surface area contributed by atoms with Crippen molar-refractivity contribution in [3.8, 4) is 11.1 Å². The maximum absolute atomic E-state index is 11.9. The summed E-state index contributed by atoms with van der Waals surface area (Å²) in [4.78, 5) is 16.0. The van der Waals surface area contributed by atoms with Gasteiger partial charge in [-0.3, -0.25) is 20.6 Å². The number of hydrazine groups is 1. The van der Waals surface area contributed by atoms with E-state index >= 15 is 0 Å². The summed E-state index contributed by atoms with van der Waals surface area (Å²) in [6.07, 6.45) is 3.44. The van der Waals surface area contributed by atoms with Gasteiger partial charge in [0.1, 0.15) is 5.69 Å². The third kappa shape index (κ3) is 3.79. The topological polar surface area (TPSA) is 54.0 Å². The van der Waals surface area contributed by atoms with E-state index in [1.807, 2.05) is 42.7 Å². The molecular weight excluding hydrogens is 290 g/mol. The van der Waals surface area contributed by atoms with Gasteiger partial charge in [-0.1, -0.05) is 54.3 Å². The van der Waals surface area contributed by atoms with Crippen LogP contribution in [0.4, 0.5) is 0 Å². The minimum Gasteiger partial charge on any atom is -0.283 e. The average molecular weight is 303 g/mol. The van der Waals surface area contributed by atoms with Crippen LogP contribution in [0.15, 0.2) is 48.7 Å². The molecule has 0 radical (unpaired) electrons. The van der Waals surface area contributed by atoms with Crippen molar-refractivity contribution in [2.45, 2.75) is 0 Å². The molecule has 0 aliphatic carbocycles. The number of amides is 1. The van der Waals surface area contributed by atoms with Gasteiger partial charge < -0.3 is 0 Å². The van der Waals surface area contributed by atoms with E-state index in [9.17, 15) is 4.79 Å². The number of pyridine rings is 1. The fraction of sp³-hybridized carbons (Fsp3) is 0.0714. The molecule has 0 saturated carbocycles. The number of thiocarbonyl (C=S) groups is 1. The highest BCUT2D eigenvalue weighted by Crippen LogP contribution is 2.18. The number of carbonyl (C=O) groups is 1. The third-order valence-corrected chi connectivity index (χ3v) is 3.64. The molecule has 0 bridgehead atoms. The summed E-state index contributed by atoms with van der Waals surface area (Å²) in [6, 6.07) is 13.4. The Balaban J connectivity index is 2.14. The molecule has 4 nitrogen and oxygen atoms in total. The quantitative estimate of drug-likeness (QED) is 0.660. The predicted molar refractivity (Wildman–Crippen MR) is 86.4 cm³/mol. The zero-order valence-electron chi connectivity index (χ0n) is 10.8. The Morgan fingerprint density at radius 2 is 1.90 bits per heavy atom. The monoisotopic (exact) mass is 303 g/mol. The maximum atomic E-state index is 11.9. The van der Waals surface area contributed by atoms with Crippen molar-refractivity contribution in [3.05, 3.63) is 54.4 Å². The van der Waals surface area contributed by atoms with Crippen LogP contribution in [0.2, 0.25) is 0 Å². The largest absolute Gasteiger partial charge is 0.288 e. The van der Waals surface area contributed by atoms with E-state index in [0.29, 0.717) is 10.0 Å². The van der Waals surface area contributed by atoms with Crippen LogP contribution in [-0.2, 0) is 0 Å². The highest BCUT2D eigenvalue weighted by Gasteiger charge is 2.08. The van der Waals surface area contributed by atoms with E-state index in [-0.39, 0.29) is 5.91 Å². The van der Waals surface area contributed by atoms with E-state index < -0.39 is 0 Å². The average Bonchev–Trinajstić information content (AvgIpc) is 2.53. The number of nitrogens with zero attached hydrogens (tertiary/aromatic N) is 1. The SMILES string of the molecule is CSC(=S)NNC(=O)c1cc(-c2ccccc2)ccn1. The van der Waals surface area contributed by atoms with E-state index in [1.54, 1.807) is 12.3 Å². The molecular formula is C14H13N3OS2. The lowest BCUT2D eigenvalue weighted by Crippen LogP contribution is -2.39. The van der Waals surface area contributed by atoms with Crippen molar-refractivity contribution in [2.24, 2.45) is 0 Å². The second kappa shape index (κ2) is 7.02. The minimum atomic E-state index is -0.320. The molecule has 1 heterocycles. The van der Waals surface area contributed by atoms with Gasteiger partial charge in [-0.2, -0.15) is 0 Å². The Hall–Kier alpha value is -1.92. The molecule has 0 fully saturated rings. The Labute approximate surface area is 127 Å². The zero-order valence-corrected chi connectivity index (χ0v) is 12.4. The first-order valence-electron chi connectivity index (χ1n) is 5.86. The lowest BCUT2D eigenvalue weighted by atomic mass is 10.1. The van der Waals surface area contributed by atoms with Crippen LogP contribution in [-0.4, -0.2) is 21.5 Å². The Morgan fingerprint density at radius 1 is 1.15 bits per heavy atom. The molecule has 2 aromatic rings. The van der Waals surface area contributed by atoms with E-state index in [0.717, 1.165) is 11.1 Å². The summed E-state index contributed by atoms with van der Waals surface area (Å²) in [5.74, 6) is -0.320. The molecule has 2 N–H and O–H groups in total. The van der Waals surface area contributed by atoms with Crippen molar-refractivity contribution in [1.82, 2.24) is 15.8 Å². The zero-order chi connectivity index (χ0) is 14.4. The van der Waals surface area contributed by atoms with Gasteiger partial charge in [-0.25, -0.2) is 0 Å². The van der Waals surface area contributed by atoms with Gasteiger partial charge in [0.25, 0.3) is 5.91 Å². The van der Waals surface area contributed by atoms with E-state index in [2.05, 4.69) is 15.8 Å². The number of carbonyl (C=O) groups excluding carboxylic acids is 1. The third-order valence-electron chi connectivity index (χ3n) is 2.56. The summed E-state index contributed by atoms with van der Waals surface area (Å²) in [7, 11) is 0. The number of rotatable bonds is 2. The molecule has 0 unspecified atom stereocenters. The molecule has 1 aromatic heterocycles.